The van der Waals surface area contributed by atoms with Crippen molar-refractivity contribution >= 4 is 40.6 Å². The standard InChI is InChI=1S/C24H21F4N3O3S/c1-5-13(2)34-20(32)17-9-8-16(11-19(17)25)31-22(35)30(21(33)23(31,3)4)15-7-6-14(12-29)18(10-15)24(26,27)28/h6-11,13H,5H2,1-4H3. The van der Waals surface area contributed by atoms with Crippen LogP contribution in [0.4, 0.5) is 28.9 Å². The molecule has 35 heavy (non-hydrogen) atoms. The maximum atomic E-state index is 14.8. The Balaban J connectivity index is 2.02. The fourth-order valence-electron chi connectivity index (χ4n) is 3.60. The van der Waals surface area contributed by atoms with Gasteiger partial charge in [-0.2, -0.15) is 18.4 Å². The van der Waals surface area contributed by atoms with Crippen LogP contribution >= 0.6 is 12.2 Å². The maximum absolute atomic E-state index is 14.8. The molecule has 0 saturated carbocycles. The first-order valence-corrected chi connectivity index (χ1v) is 11.0. The zero-order valence-electron chi connectivity index (χ0n) is 19.2. The van der Waals surface area contributed by atoms with E-state index in [1.165, 1.54) is 43.0 Å². The lowest BCUT2D eigenvalue weighted by atomic mass is 10.0. The molecule has 1 saturated heterocycles. The second-order valence-corrected chi connectivity index (χ2v) is 8.81. The predicted octanol–water partition coefficient (Wildman–Crippen LogP) is 5.59. The molecule has 2 aromatic carbocycles. The second-order valence-electron chi connectivity index (χ2n) is 8.45. The van der Waals surface area contributed by atoms with Gasteiger partial charge in [0, 0.05) is 5.69 Å². The first-order chi connectivity index (χ1) is 16.2. The molecule has 1 aliphatic rings. The fourth-order valence-corrected chi connectivity index (χ4v) is 4.12. The molecule has 1 atom stereocenters. The molecule has 0 aliphatic carbocycles. The van der Waals surface area contributed by atoms with E-state index in [0.29, 0.717) is 12.5 Å². The van der Waals surface area contributed by atoms with E-state index in [4.69, 9.17) is 22.2 Å². The van der Waals surface area contributed by atoms with Crippen molar-refractivity contribution < 1.29 is 31.9 Å². The number of carbonyl (C=O) groups excluding carboxylic acids is 2. The van der Waals surface area contributed by atoms with Crippen LogP contribution in [0.3, 0.4) is 0 Å². The minimum absolute atomic E-state index is 0.123. The van der Waals surface area contributed by atoms with E-state index >= 15 is 0 Å². The van der Waals surface area contributed by atoms with E-state index in [1.54, 1.807) is 6.92 Å². The summed E-state index contributed by atoms with van der Waals surface area (Å²) < 4.78 is 60.4. The van der Waals surface area contributed by atoms with Crippen LogP contribution in [-0.2, 0) is 15.7 Å². The second kappa shape index (κ2) is 9.26. The van der Waals surface area contributed by atoms with Gasteiger partial charge in [-0.05, 0) is 75.8 Å². The Bertz CT molecular complexity index is 1250. The number of nitriles is 1. The van der Waals surface area contributed by atoms with Crippen molar-refractivity contribution in [1.82, 2.24) is 0 Å². The topological polar surface area (TPSA) is 73.6 Å². The molecule has 6 nitrogen and oxygen atoms in total. The molecule has 1 unspecified atom stereocenters. The molecule has 2 aromatic rings. The van der Waals surface area contributed by atoms with Crippen LogP contribution in [0, 0.1) is 17.1 Å². The maximum Gasteiger partial charge on any atom is 0.417 e. The van der Waals surface area contributed by atoms with E-state index in [-0.39, 0.29) is 22.1 Å². The Morgan fingerprint density at radius 3 is 2.37 bits per heavy atom. The SMILES string of the molecule is CCC(C)OC(=O)c1ccc(N2C(=S)N(c3ccc(C#N)c(C(F)(F)F)c3)C(=O)C2(C)C)cc1F. The number of alkyl halides is 3. The summed E-state index contributed by atoms with van der Waals surface area (Å²) in [7, 11) is 0. The van der Waals surface area contributed by atoms with Crippen molar-refractivity contribution in [2.45, 2.75) is 51.9 Å². The van der Waals surface area contributed by atoms with Crippen LogP contribution in [0.25, 0.3) is 0 Å². The monoisotopic (exact) mass is 507 g/mol. The highest BCUT2D eigenvalue weighted by atomic mass is 32.1. The van der Waals surface area contributed by atoms with Gasteiger partial charge in [-0.1, -0.05) is 6.92 Å². The summed E-state index contributed by atoms with van der Waals surface area (Å²) >= 11 is 5.42. The average Bonchev–Trinajstić information content (AvgIpc) is 2.95. The largest absolute Gasteiger partial charge is 0.459 e. The minimum Gasteiger partial charge on any atom is -0.459 e. The number of nitrogens with zero attached hydrogens (tertiary/aromatic N) is 3. The number of hydrogen-bond acceptors (Lipinski definition) is 5. The number of rotatable bonds is 5. The number of ether oxygens (including phenoxy) is 1. The first kappa shape index (κ1) is 26.1. The third-order valence-electron chi connectivity index (χ3n) is 5.67. The van der Waals surface area contributed by atoms with Gasteiger partial charge in [0.05, 0.1) is 34.6 Å². The number of carbonyl (C=O) groups is 2. The summed E-state index contributed by atoms with van der Waals surface area (Å²) in [5.41, 5.74) is -3.57. The van der Waals surface area contributed by atoms with Crippen molar-refractivity contribution in [1.29, 1.82) is 5.26 Å². The Morgan fingerprint density at radius 1 is 1.20 bits per heavy atom. The highest BCUT2D eigenvalue weighted by Gasteiger charge is 2.51. The Hall–Kier alpha value is -3.52. The van der Waals surface area contributed by atoms with Crippen molar-refractivity contribution in [2.24, 2.45) is 0 Å². The number of esters is 1. The molecule has 0 spiro atoms. The summed E-state index contributed by atoms with van der Waals surface area (Å²) in [5.74, 6) is -2.40. The van der Waals surface area contributed by atoms with E-state index < -0.39 is 46.6 Å². The van der Waals surface area contributed by atoms with Crippen LogP contribution in [0.2, 0.25) is 0 Å². The van der Waals surface area contributed by atoms with Gasteiger partial charge in [-0.15, -0.1) is 0 Å². The highest BCUT2D eigenvalue weighted by Crippen LogP contribution is 2.40. The average molecular weight is 508 g/mol. The summed E-state index contributed by atoms with van der Waals surface area (Å²) in [6, 6.07) is 7.89. The highest BCUT2D eigenvalue weighted by molar-refractivity contribution is 7.81. The summed E-state index contributed by atoms with van der Waals surface area (Å²) in [6.07, 6.45) is -4.69. The Morgan fingerprint density at radius 2 is 1.83 bits per heavy atom. The fraction of sp³-hybridized carbons (Fsp3) is 0.333. The molecule has 1 amide bonds. The van der Waals surface area contributed by atoms with Gasteiger partial charge in [-0.25, -0.2) is 9.18 Å². The molecule has 1 heterocycles. The van der Waals surface area contributed by atoms with Crippen LogP contribution in [0.15, 0.2) is 36.4 Å². The van der Waals surface area contributed by atoms with Gasteiger partial charge in [-0.3, -0.25) is 9.69 Å². The third kappa shape index (κ3) is 4.71. The lowest BCUT2D eigenvalue weighted by Crippen LogP contribution is -2.44. The van der Waals surface area contributed by atoms with Gasteiger partial charge in [0.1, 0.15) is 11.4 Å². The van der Waals surface area contributed by atoms with Crippen molar-refractivity contribution in [3.63, 3.8) is 0 Å². The zero-order chi connectivity index (χ0) is 26.3. The van der Waals surface area contributed by atoms with Crippen molar-refractivity contribution in [2.75, 3.05) is 9.80 Å². The van der Waals surface area contributed by atoms with E-state index in [2.05, 4.69) is 0 Å². The molecule has 11 heteroatoms. The van der Waals surface area contributed by atoms with Gasteiger partial charge in [0.2, 0.25) is 0 Å². The van der Waals surface area contributed by atoms with Crippen LogP contribution < -0.4 is 9.80 Å². The van der Waals surface area contributed by atoms with Crippen molar-refractivity contribution in [3.8, 4) is 6.07 Å². The minimum atomic E-state index is -4.83. The molecule has 0 N–H and O–H groups in total. The van der Waals surface area contributed by atoms with E-state index in [1.807, 2.05) is 6.92 Å². The van der Waals surface area contributed by atoms with Crippen molar-refractivity contribution in [3.05, 3.63) is 58.9 Å². The lowest BCUT2D eigenvalue weighted by molar-refractivity contribution is -0.137. The van der Waals surface area contributed by atoms with Gasteiger partial charge in [0.25, 0.3) is 5.91 Å². The zero-order valence-corrected chi connectivity index (χ0v) is 20.1. The molecule has 0 aromatic heterocycles. The molecular formula is C24H21F4N3O3S. The predicted molar refractivity (Wildman–Crippen MR) is 124 cm³/mol. The van der Waals surface area contributed by atoms with Crippen LogP contribution in [0.1, 0.15) is 55.6 Å². The molecule has 184 valence electrons. The van der Waals surface area contributed by atoms with E-state index in [9.17, 15) is 27.2 Å². The lowest BCUT2D eigenvalue weighted by Gasteiger charge is -2.29. The number of benzene rings is 2. The third-order valence-corrected chi connectivity index (χ3v) is 6.03. The summed E-state index contributed by atoms with van der Waals surface area (Å²) in [6.45, 7) is 6.45. The molecule has 0 radical (unpaired) electrons. The van der Waals surface area contributed by atoms with Gasteiger partial charge >= 0.3 is 12.1 Å². The molecule has 1 aliphatic heterocycles. The number of amides is 1. The molecule has 1 fully saturated rings. The summed E-state index contributed by atoms with van der Waals surface area (Å²) in [5, 5.41) is 8.84. The Kier molecular flexibility index (Phi) is 6.90. The van der Waals surface area contributed by atoms with Gasteiger partial charge in [0.15, 0.2) is 5.11 Å². The Labute approximate surface area is 204 Å². The molecule has 0 bridgehead atoms. The molecular weight excluding hydrogens is 486 g/mol. The number of hydrogen-bond donors (Lipinski definition) is 0. The smallest absolute Gasteiger partial charge is 0.417 e. The summed E-state index contributed by atoms with van der Waals surface area (Å²) in [4.78, 5) is 27.7. The number of anilines is 2. The van der Waals surface area contributed by atoms with Crippen LogP contribution in [0.5, 0.6) is 0 Å². The number of thiocarbonyl (C=S) groups is 1. The van der Waals surface area contributed by atoms with Crippen LogP contribution in [-0.4, -0.2) is 28.6 Å². The quantitative estimate of drug-likeness (QED) is 0.299. The number of halogens is 4. The first-order valence-electron chi connectivity index (χ1n) is 10.5. The van der Waals surface area contributed by atoms with E-state index in [0.717, 1.165) is 17.0 Å². The normalized spacial score (nSPS) is 16.3. The molecule has 3 rings (SSSR count). The van der Waals surface area contributed by atoms with Gasteiger partial charge < -0.3 is 9.64 Å².